The van der Waals surface area contributed by atoms with Crippen LogP contribution in [0.3, 0.4) is 0 Å². The topological polar surface area (TPSA) is 71.9 Å². The van der Waals surface area contributed by atoms with Gasteiger partial charge in [-0.1, -0.05) is 11.3 Å². The van der Waals surface area contributed by atoms with E-state index in [1.165, 1.54) is 23.2 Å². The molecule has 17 heavy (non-hydrogen) atoms. The van der Waals surface area contributed by atoms with Crippen molar-refractivity contribution < 1.29 is 4.79 Å². The second-order valence-electron chi connectivity index (χ2n) is 3.51. The zero-order valence-electron chi connectivity index (χ0n) is 9.71. The molecular weight excluding hydrogens is 238 g/mol. The zero-order chi connectivity index (χ0) is 12.4. The molecule has 7 heteroatoms. The van der Waals surface area contributed by atoms with Crippen LogP contribution in [0.15, 0.2) is 12.4 Å². The molecule has 0 unspecified atom stereocenters. The molecule has 2 rings (SSSR count). The maximum atomic E-state index is 11.2. The van der Waals surface area contributed by atoms with E-state index in [0.717, 1.165) is 5.69 Å². The Kier molecular flexibility index (Phi) is 3.10. The highest BCUT2D eigenvalue weighted by Gasteiger charge is 2.13. The molecule has 0 aliphatic carbocycles. The Morgan fingerprint density at radius 1 is 1.29 bits per heavy atom. The van der Waals surface area contributed by atoms with Crippen molar-refractivity contribution in [1.82, 2.24) is 20.2 Å². The van der Waals surface area contributed by atoms with E-state index in [4.69, 9.17) is 0 Å². The van der Waals surface area contributed by atoms with Gasteiger partial charge in [-0.25, -0.2) is 0 Å². The Hall–Kier alpha value is -1.89. The Morgan fingerprint density at radius 2 is 2.06 bits per heavy atom. The average molecular weight is 249 g/mol. The van der Waals surface area contributed by atoms with Crippen LogP contribution < -0.4 is 4.90 Å². The van der Waals surface area contributed by atoms with Gasteiger partial charge in [0.1, 0.15) is 5.69 Å². The molecule has 6 nitrogen and oxygen atoms in total. The van der Waals surface area contributed by atoms with Gasteiger partial charge in [-0.05, 0) is 6.92 Å². The second kappa shape index (κ2) is 4.54. The molecule has 2 aromatic heterocycles. The highest BCUT2D eigenvalue weighted by Crippen LogP contribution is 2.26. The van der Waals surface area contributed by atoms with E-state index in [1.54, 1.807) is 19.4 Å². The largest absolute Gasteiger partial charge is 0.290 e. The van der Waals surface area contributed by atoms with Crippen LogP contribution in [0.5, 0.6) is 0 Å². The first-order valence-electron chi connectivity index (χ1n) is 4.94. The lowest BCUT2D eigenvalue weighted by molar-refractivity contribution is -0.116. The second-order valence-corrected chi connectivity index (χ2v) is 4.47. The monoisotopic (exact) mass is 249 g/mol. The Balaban J connectivity index is 2.29. The molecule has 0 aromatic carbocycles. The molecule has 0 aliphatic heterocycles. The Bertz CT molecular complexity index is 536. The first kappa shape index (κ1) is 11.6. The normalized spacial score (nSPS) is 10.3. The van der Waals surface area contributed by atoms with Crippen molar-refractivity contribution in [1.29, 1.82) is 0 Å². The van der Waals surface area contributed by atoms with Gasteiger partial charge in [0, 0.05) is 20.2 Å². The highest BCUT2D eigenvalue weighted by molar-refractivity contribution is 7.18. The van der Waals surface area contributed by atoms with E-state index in [1.807, 2.05) is 6.92 Å². The average Bonchev–Trinajstić information content (AvgIpc) is 2.78. The molecule has 2 heterocycles. The summed E-state index contributed by atoms with van der Waals surface area (Å²) >= 11 is 1.31. The van der Waals surface area contributed by atoms with Gasteiger partial charge in [-0.3, -0.25) is 19.7 Å². The van der Waals surface area contributed by atoms with Crippen LogP contribution in [0.4, 0.5) is 5.13 Å². The minimum absolute atomic E-state index is 0.0808. The quantitative estimate of drug-likeness (QED) is 0.801. The van der Waals surface area contributed by atoms with E-state index in [0.29, 0.717) is 15.8 Å². The number of rotatable bonds is 2. The van der Waals surface area contributed by atoms with Crippen molar-refractivity contribution in [3.05, 3.63) is 18.1 Å². The zero-order valence-corrected chi connectivity index (χ0v) is 10.5. The predicted octanol–water partition coefficient (Wildman–Crippen LogP) is 1.29. The number of carbonyl (C=O) groups is 1. The van der Waals surface area contributed by atoms with Gasteiger partial charge in [0.15, 0.2) is 5.01 Å². The standard InChI is InChI=1S/C10H11N5OS/c1-6-4-12-8(5-11-6)9-13-14-10(17-9)15(3)7(2)16/h4-5H,1-3H3. The fourth-order valence-corrected chi connectivity index (χ4v) is 1.90. The highest BCUT2D eigenvalue weighted by atomic mass is 32.1. The molecule has 0 spiro atoms. The summed E-state index contributed by atoms with van der Waals surface area (Å²) in [5, 5.41) is 9.14. The molecule has 0 bridgehead atoms. The van der Waals surface area contributed by atoms with Crippen LogP contribution in [0.1, 0.15) is 12.6 Å². The van der Waals surface area contributed by atoms with Gasteiger partial charge in [0.05, 0.1) is 11.9 Å². The molecule has 0 N–H and O–H groups in total. The van der Waals surface area contributed by atoms with Crippen molar-refractivity contribution in [3.8, 4) is 10.7 Å². The van der Waals surface area contributed by atoms with E-state index in [-0.39, 0.29) is 5.91 Å². The van der Waals surface area contributed by atoms with E-state index < -0.39 is 0 Å². The maximum Gasteiger partial charge on any atom is 0.225 e. The summed E-state index contributed by atoms with van der Waals surface area (Å²) in [5.74, 6) is -0.0808. The molecule has 1 amide bonds. The molecule has 0 aliphatic rings. The van der Waals surface area contributed by atoms with Crippen LogP contribution >= 0.6 is 11.3 Å². The van der Waals surface area contributed by atoms with Crippen LogP contribution in [0.25, 0.3) is 10.7 Å². The number of aromatic nitrogens is 4. The number of carbonyl (C=O) groups excluding carboxylic acids is 1. The lowest BCUT2D eigenvalue weighted by atomic mass is 10.4. The molecule has 0 atom stereocenters. The van der Waals surface area contributed by atoms with Crippen LogP contribution in [0.2, 0.25) is 0 Å². The maximum absolute atomic E-state index is 11.2. The van der Waals surface area contributed by atoms with Gasteiger partial charge in [-0.15, -0.1) is 10.2 Å². The van der Waals surface area contributed by atoms with Crippen molar-refractivity contribution in [2.45, 2.75) is 13.8 Å². The number of nitrogens with zero attached hydrogens (tertiary/aromatic N) is 5. The SMILES string of the molecule is CC(=O)N(C)c1nnc(-c2cnc(C)cn2)s1. The summed E-state index contributed by atoms with van der Waals surface area (Å²) in [7, 11) is 1.66. The summed E-state index contributed by atoms with van der Waals surface area (Å²) in [6.45, 7) is 3.35. The third-order valence-electron chi connectivity index (χ3n) is 2.17. The Labute approximate surface area is 102 Å². The van der Waals surface area contributed by atoms with Gasteiger partial charge >= 0.3 is 0 Å². The molecule has 0 radical (unpaired) electrons. The molecular formula is C10H11N5OS. The third-order valence-corrected chi connectivity index (χ3v) is 3.20. The third kappa shape index (κ3) is 2.44. The number of hydrogen-bond donors (Lipinski definition) is 0. The molecule has 0 saturated carbocycles. The van der Waals surface area contributed by atoms with E-state index >= 15 is 0 Å². The first-order valence-corrected chi connectivity index (χ1v) is 5.76. The summed E-state index contributed by atoms with van der Waals surface area (Å²) in [6.07, 6.45) is 3.32. The predicted molar refractivity (Wildman–Crippen MR) is 64.8 cm³/mol. The lowest BCUT2D eigenvalue weighted by Gasteiger charge is -2.08. The number of hydrogen-bond acceptors (Lipinski definition) is 6. The van der Waals surface area contributed by atoms with Crippen LogP contribution in [-0.2, 0) is 4.79 Å². The van der Waals surface area contributed by atoms with Crippen molar-refractivity contribution in [2.24, 2.45) is 0 Å². The summed E-state index contributed by atoms with van der Waals surface area (Å²) < 4.78 is 0. The van der Waals surface area contributed by atoms with Gasteiger partial charge < -0.3 is 0 Å². The molecule has 2 aromatic rings. The van der Waals surface area contributed by atoms with Crippen molar-refractivity contribution in [3.63, 3.8) is 0 Å². The fraction of sp³-hybridized carbons (Fsp3) is 0.300. The minimum atomic E-state index is -0.0808. The lowest BCUT2D eigenvalue weighted by Crippen LogP contribution is -2.22. The van der Waals surface area contributed by atoms with Crippen LogP contribution in [-0.4, -0.2) is 33.1 Å². The smallest absolute Gasteiger partial charge is 0.225 e. The number of amides is 1. The number of aryl methyl sites for hydroxylation is 1. The summed E-state index contributed by atoms with van der Waals surface area (Å²) in [6, 6.07) is 0. The summed E-state index contributed by atoms with van der Waals surface area (Å²) in [4.78, 5) is 21.0. The first-order chi connectivity index (χ1) is 8.08. The van der Waals surface area contributed by atoms with Crippen LogP contribution in [0, 0.1) is 6.92 Å². The van der Waals surface area contributed by atoms with E-state index in [9.17, 15) is 4.79 Å². The van der Waals surface area contributed by atoms with Gasteiger partial charge in [0.25, 0.3) is 0 Å². The number of anilines is 1. The summed E-state index contributed by atoms with van der Waals surface area (Å²) in [5.41, 5.74) is 1.51. The van der Waals surface area contributed by atoms with Crippen molar-refractivity contribution in [2.75, 3.05) is 11.9 Å². The van der Waals surface area contributed by atoms with Gasteiger partial charge in [0.2, 0.25) is 11.0 Å². The minimum Gasteiger partial charge on any atom is -0.290 e. The molecule has 0 saturated heterocycles. The van der Waals surface area contributed by atoms with Gasteiger partial charge in [-0.2, -0.15) is 0 Å². The Morgan fingerprint density at radius 3 is 2.65 bits per heavy atom. The van der Waals surface area contributed by atoms with E-state index in [2.05, 4.69) is 20.2 Å². The molecule has 88 valence electrons. The van der Waals surface area contributed by atoms with Crippen molar-refractivity contribution >= 4 is 22.4 Å². The molecule has 0 fully saturated rings. The fourth-order valence-electron chi connectivity index (χ4n) is 1.09.